The molecular weight excluding hydrogens is 218 g/mol. The van der Waals surface area contributed by atoms with Crippen molar-refractivity contribution in [1.82, 2.24) is 0 Å². The van der Waals surface area contributed by atoms with E-state index in [1.807, 2.05) is 31.2 Å². The Hall–Kier alpha value is -1.55. The molecular formula is C13H19NO3. The largest absolute Gasteiger partial charge is 0.497 e. The van der Waals surface area contributed by atoms with E-state index in [0.717, 1.165) is 11.3 Å². The second kappa shape index (κ2) is 6.25. The molecule has 0 saturated heterocycles. The maximum absolute atomic E-state index is 11.3. The SMILES string of the molecule is COC(=O)CC(c1cccc(OC)c1)C(C)N. The third-order valence-electron chi connectivity index (χ3n) is 2.77. The van der Waals surface area contributed by atoms with Crippen LogP contribution in [0, 0.1) is 0 Å². The second-order valence-electron chi connectivity index (χ2n) is 4.02. The van der Waals surface area contributed by atoms with Gasteiger partial charge in [-0.1, -0.05) is 12.1 Å². The van der Waals surface area contributed by atoms with Crippen molar-refractivity contribution in [1.29, 1.82) is 0 Å². The van der Waals surface area contributed by atoms with Crippen LogP contribution in [0.2, 0.25) is 0 Å². The van der Waals surface area contributed by atoms with Crippen molar-refractivity contribution in [3.8, 4) is 5.75 Å². The van der Waals surface area contributed by atoms with Crippen LogP contribution in [0.5, 0.6) is 5.75 Å². The third-order valence-corrected chi connectivity index (χ3v) is 2.77. The minimum Gasteiger partial charge on any atom is -0.497 e. The summed E-state index contributed by atoms with van der Waals surface area (Å²) in [5, 5.41) is 0. The normalized spacial score (nSPS) is 13.9. The Labute approximate surface area is 102 Å². The number of ether oxygens (including phenoxy) is 2. The highest BCUT2D eigenvalue weighted by Gasteiger charge is 2.20. The van der Waals surface area contributed by atoms with Gasteiger partial charge >= 0.3 is 5.97 Å². The molecule has 1 aromatic rings. The Bertz CT molecular complexity index is 377. The summed E-state index contributed by atoms with van der Waals surface area (Å²) < 4.78 is 9.84. The number of carbonyl (C=O) groups is 1. The highest BCUT2D eigenvalue weighted by Crippen LogP contribution is 2.26. The van der Waals surface area contributed by atoms with E-state index < -0.39 is 0 Å². The molecule has 2 atom stereocenters. The van der Waals surface area contributed by atoms with Crippen LogP contribution in [-0.4, -0.2) is 26.2 Å². The summed E-state index contributed by atoms with van der Waals surface area (Å²) in [6, 6.07) is 7.47. The maximum atomic E-state index is 11.3. The summed E-state index contributed by atoms with van der Waals surface area (Å²) in [7, 11) is 2.99. The lowest BCUT2D eigenvalue weighted by atomic mass is 9.90. The van der Waals surface area contributed by atoms with Crippen LogP contribution in [0.25, 0.3) is 0 Å². The molecule has 0 spiro atoms. The summed E-state index contributed by atoms with van der Waals surface area (Å²) in [6.07, 6.45) is 0.279. The monoisotopic (exact) mass is 237 g/mol. The number of carbonyl (C=O) groups excluding carboxylic acids is 1. The first-order valence-electron chi connectivity index (χ1n) is 5.54. The molecule has 1 aromatic carbocycles. The van der Waals surface area contributed by atoms with Gasteiger partial charge in [0.25, 0.3) is 0 Å². The molecule has 2 N–H and O–H groups in total. The van der Waals surface area contributed by atoms with Crippen molar-refractivity contribution >= 4 is 5.97 Å². The molecule has 0 aromatic heterocycles. The average molecular weight is 237 g/mol. The van der Waals surface area contributed by atoms with Gasteiger partial charge in [0.2, 0.25) is 0 Å². The highest BCUT2D eigenvalue weighted by atomic mass is 16.5. The van der Waals surface area contributed by atoms with Gasteiger partial charge in [0.1, 0.15) is 5.75 Å². The van der Waals surface area contributed by atoms with E-state index in [1.54, 1.807) is 7.11 Å². The van der Waals surface area contributed by atoms with Crippen LogP contribution in [0.4, 0.5) is 0 Å². The van der Waals surface area contributed by atoms with Crippen molar-refractivity contribution in [2.75, 3.05) is 14.2 Å². The Morgan fingerprint density at radius 1 is 1.41 bits per heavy atom. The first-order chi connectivity index (χ1) is 8.08. The fourth-order valence-corrected chi connectivity index (χ4v) is 1.74. The van der Waals surface area contributed by atoms with E-state index >= 15 is 0 Å². The quantitative estimate of drug-likeness (QED) is 0.792. The lowest BCUT2D eigenvalue weighted by Gasteiger charge is -2.20. The van der Waals surface area contributed by atoms with Crippen LogP contribution < -0.4 is 10.5 Å². The molecule has 0 amide bonds. The molecule has 4 heteroatoms. The van der Waals surface area contributed by atoms with Crippen LogP contribution in [0.3, 0.4) is 0 Å². The zero-order valence-corrected chi connectivity index (χ0v) is 10.5. The third kappa shape index (κ3) is 3.75. The van der Waals surface area contributed by atoms with Crippen LogP contribution >= 0.6 is 0 Å². The molecule has 0 saturated carbocycles. The molecule has 0 aliphatic carbocycles. The standard InChI is InChI=1S/C13H19NO3/c1-9(14)12(8-13(15)17-3)10-5-4-6-11(7-10)16-2/h4-7,9,12H,8,14H2,1-3H3. The predicted octanol–water partition coefficient (Wildman–Crippen LogP) is 1.69. The highest BCUT2D eigenvalue weighted by molar-refractivity contribution is 5.70. The molecule has 2 unspecified atom stereocenters. The van der Waals surface area contributed by atoms with E-state index in [1.165, 1.54) is 7.11 Å². The minimum absolute atomic E-state index is 0.0578. The first kappa shape index (κ1) is 13.5. The Morgan fingerprint density at radius 2 is 2.12 bits per heavy atom. The van der Waals surface area contributed by atoms with Gasteiger partial charge in [0, 0.05) is 12.0 Å². The molecule has 1 rings (SSSR count). The lowest BCUT2D eigenvalue weighted by Crippen LogP contribution is -2.27. The fraction of sp³-hybridized carbons (Fsp3) is 0.462. The van der Waals surface area contributed by atoms with E-state index in [9.17, 15) is 4.79 Å². The van der Waals surface area contributed by atoms with Gasteiger partial charge in [-0.25, -0.2) is 0 Å². The number of methoxy groups -OCH3 is 2. The zero-order chi connectivity index (χ0) is 12.8. The van der Waals surface area contributed by atoms with E-state index in [2.05, 4.69) is 4.74 Å². The van der Waals surface area contributed by atoms with Gasteiger partial charge in [0.05, 0.1) is 20.6 Å². The Balaban J connectivity index is 2.92. The number of esters is 1. The predicted molar refractivity (Wildman–Crippen MR) is 66.0 cm³/mol. The summed E-state index contributed by atoms with van der Waals surface area (Å²) >= 11 is 0. The topological polar surface area (TPSA) is 61.5 Å². The molecule has 0 heterocycles. The first-order valence-corrected chi connectivity index (χ1v) is 5.54. The maximum Gasteiger partial charge on any atom is 0.306 e. The van der Waals surface area contributed by atoms with Crippen molar-refractivity contribution in [2.45, 2.75) is 25.3 Å². The molecule has 17 heavy (non-hydrogen) atoms. The zero-order valence-electron chi connectivity index (χ0n) is 10.5. The molecule has 4 nitrogen and oxygen atoms in total. The second-order valence-corrected chi connectivity index (χ2v) is 4.02. The van der Waals surface area contributed by atoms with Gasteiger partial charge in [-0.2, -0.15) is 0 Å². The van der Waals surface area contributed by atoms with Crippen molar-refractivity contribution in [3.63, 3.8) is 0 Å². The molecule has 94 valence electrons. The molecule has 0 aliphatic heterocycles. The number of hydrogen-bond acceptors (Lipinski definition) is 4. The summed E-state index contributed by atoms with van der Waals surface area (Å²) in [4.78, 5) is 11.3. The van der Waals surface area contributed by atoms with E-state index in [0.29, 0.717) is 0 Å². The van der Waals surface area contributed by atoms with Crippen molar-refractivity contribution in [2.24, 2.45) is 5.73 Å². The van der Waals surface area contributed by atoms with Gasteiger partial charge in [-0.05, 0) is 24.6 Å². The van der Waals surface area contributed by atoms with Gasteiger partial charge in [-0.15, -0.1) is 0 Å². The number of rotatable bonds is 5. The molecule has 0 radical (unpaired) electrons. The van der Waals surface area contributed by atoms with Crippen LogP contribution in [-0.2, 0) is 9.53 Å². The van der Waals surface area contributed by atoms with E-state index in [-0.39, 0.29) is 24.3 Å². The molecule has 0 fully saturated rings. The Morgan fingerprint density at radius 3 is 2.65 bits per heavy atom. The van der Waals surface area contributed by atoms with E-state index in [4.69, 9.17) is 10.5 Å². The molecule has 0 aliphatic rings. The summed E-state index contributed by atoms with van der Waals surface area (Å²) in [5.41, 5.74) is 6.91. The number of nitrogens with two attached hydrogens (primary N) is 1. The molecule has 0 bridgehead atoms. The van der Waals surface area contributed by atoms with Crippen molar-refractivity contribution in [3.05, 3.63) is 29.8 Å². The summed E-state index contributed by atoms with van der Waals surface area (Å²) in [5.74, 6) is 0.450. The average Bonchev–Trinajstić information content (AvgIpc) is 2.35. The lowest BCUT2D eigenvalue weighted by molar-refractivity contribution is -0.141. The van der Waals surface area contributed by atoms with Gasteiger partial charge in [-0.3, -0.25) is 4.79 Å². The van der Waals surface area contributed by atoms with Crippen molar-refractivity contribution < 1.29 is 14.3 Å². The number of benzene rings is 1. The smallest absolute Gasteiger partial charge is 0.306 e. The van der Waals surface area contributed by atoms with Gasteiger partial charge in [0.15, 0.2) is 0 Å². The number of hydrogen-bond donors (Lipinski definition) is 1. The Kier molecular flexibility index (Phi) is 4.97. The fourth-order valence-electron chi connectivity index (χ4n) is 1.74. The summed E-state index contributed by atoms with van der Waals surface area (Å²) in [6.45, 7) is 1.88. The minimum atomic E-state index is -0.255. The van der Waals surface area contributed by atoms with Crippen LogP contribution in [0.1, 0.15) is 24.8 Å². The van der Waals surface area contributed by atoms with Crippen LogP contribution in [0.15, 0.2) is 24.3 Å². The van der Waals surface area contributed by atoms with Gasteiger partial charge < -0.3 is 15.2 Å².